The summed E-state index contributed by atoms with van der Waals surface area (Å²) in [6.07, 6.45) is -1.10. The first-order valence-corrected chi connectivity index (χ1v) is 15.4. The van der Waals surface area contributed by atoms with Crippen molar-refractivity contribution in [2.45, 2.75) is 37.7 Å². The molecule has 0 atom stereocenters. The first kappa shape index (κ1) is 32.2. The Morgan fingerprint density at radius 3 is 2.23 bits per heavy atom. The predicted molar refractivity (Wildman–Crippen MR) is 160 cm³/mol. The average molecular weight is 632 g/mol. The second-order valence-electron chi connectivity index (χ2n) is 10.5. The minimum Gasteiger partial charge on any atom is -0.481 e. The van der Waals surface area contributed by atoms with Crippen molar-refractivity contribution in [3.05, 3.63) is 59.2 Å². The summed E-state index contributed by atoms with van der Waals surface area (Å²) in [6.45, 7) is 0.451. The zero-order valence-corrected chi connectivity index (χ0v) is 24.4. The van der Waals surface area contributed by atoms with Crippen molar-refractivity contribution in [1.29, 1.82) is 0 Å². The standard InChI is InChI=1S/C28H33N5O10S/c29-27(30)31-19-5-1-18(2-6-19)26(39)42-20-7-3-17(4-8-23(34)33-9-11-44(40,41)12-10-33)21(13-20)22-14-28(43-32-22,15-24(35)36)16-25(37)38/h1-3,5-7,13,40-41H,4,8-12,14-16H2,(H,35,36)(H,37,38)(H4,29,30,31). The Hall–Kier alpha value is -4.67. The third-order valence-corrected chi connectivity index (χ3v) is 8.76. The maximum Gasteiger partial charge on any atom is 0.343 e. The molecule has 2 aliphatic heterocycles. The van der Waals surface area contributed by atoms with E-state index in [1.54, 1.807) is 11.0 Å². The van der Waals surface area contributed by atoms with E-state index < -0.39 is 46.9 Å². The molecule has 16 heteroatoms. The number of aryl methyl sites for hydroxylation is 1. The lowest BCUT2D eigenvalue weighted by Crippen LogP contribution is -2.42. The first-order valence-electron chi connectivity index (χ1n) is 13.5. The van der Waals surface area contributed by atoms with E-state index >= 15 is 0 Å². The topological polar surface area (TPSA) is 248 Å². The van der Waals surface area contributed by atoms with Gasteiger partial charge in [0.05, 0.1) is 41.3 Å². The normalized spacial score (nSPS) is 17.5. The van der Waals surface area contributed by atoms with Gasteiger partial charge in [-0.05, 0) is 48.4 Å². The molecular weight excluding hydrogens is 598 g/mol. The highest BCUT2D eigenvalue weighted by molar-refractivity contribution is 8.24. The lowest BCUT2D eigenvalue weighted by Gasteiger charge is -2.41. The van der Waals surface area contributed by atoms with Crippen LogP contribution in [0.3, 0.4) is 0 Å². The number of nitrogens with two attached hydrogens (primary N) is 2. The van der Waals surface area contributed by atoms with Crippen LogP contribution in [-0.2, 0) is 25.6 Å². The quantitative estimate of drug-likeness (QED) is 0.0903. The zero-order valence-electron chi connectivity index (χ0n) is 23.5. The minimum absolute atomic E-state index is 0.0665. The average Bonchev–Trinajstić information content (AvgIpc) is 3.33. The summed E-state index contributed by atoms with van der Waals surface area (Å²) in [7, 11) is -2.67. The fourth-order valence-corrected chi connectivity index (χ4v) is 6.17. The first-order chi connectivity index (χ1) is 20.7. The monoisotopic (exact) mass is 631 g/mol. The van der Waals surface area contributed by atoms with Gasteiger partial charge in [-0.2, -0.15) is 10.6 Å². The number of carbonyl (C=O) groups is 4. The molecule has 8 N–H and O–H groups in total. The van der Waals surface area contributed by atoms with Gasteiger partial charge in [-0.3, -0.25) is 23.5 Å². The van der Waals surface area contributed by atoms with E-state index in [1.165, 1.54) is 36.4 Å². The van der Waals surface area contributed by atoms with E-state index in [4.69, 9.17) is 21.0 Å². The molecule has 2 aliphatic rings. The van der Waals surface area contributed by atoms with E-state index in [0.717, 1.165) is 0 Å². The van der Waals surface area contributed by atoms with Crippen LogP contribution in [0.5, 0.6) is 5.75 Å². The molecule has 15 nitrogen and oxygen atoms in total. The van der Waals surface area contributed by atoms with Crippen LogP contribution in [0.15, 0.2) is 52.6 Å². The van der Waals surface area contributed by atoms with Crippen molar-refractivity contribution >= 4 is 51.8 Å². The van der Waals surface area contributed by atoms with Crippen molar-refractivity contribution < 1.29 is 48.1 Å². The van der Waals surface area contributed by atoms with Gasteiger partial charge in [0.15, 0.2) is 11.6 Å². The van der Waals surface area contributed by atoms with Crippen LogP contribution in [0.2, 0.25) is 0 Å². The van der Waals surface area contributed by atoms with Crippen molar-refractivity contribution in [3.63, 3.8) is 0 Å². The number of aliphatic carboxylic acids is 2. The molecule has 1 fully saturated rings. The molecule has 1 amide bonds. The van der Waals surface area contributed by atoms with Gasteiger partial charge in [0.1, 0.15) is 5.75 Å². The molecule has 2 aromatic rings. The highest BCUT2D eigenvalue weighted by atomic mass is 32.3. The number of hydrogen-bond donors (Lipinski definition) is 6. The van der Waals surface area contributed by atoms with Gasteiger partial charge in [-0.1, -0.05) is 11.2 Å². The Morgan fingerprint density at radius 1 is 1.00 bits per heavy atom. The van der Waals surface area contributed by atoms with Crippen LogP contribution in [0.4, 0.5) is 5.69 Å². The van der Waals surface area contributed by atoms with Gasteiger partial charge in [-0.25, -0.2) is 9.79 Å². The Kier molecular flexibility index (Phi) is 9.76. The summed E-state index contributed by atoms with van der Waals surface area (Å²) in [5, 5.41) is 22.8. The molecule has 0 unspecified atom stereocenters. The molecule has 2 aromatic carbocycles. The van der Waals surface area contributed by atoms with E-state index in [1.807, 2.05) is 0 Å². The number of nitrogens with zero attached hydrogens (tertiary/aromatic N) is 3. The Labute approximate surface area is 253 Å². The van der Waals surface area contributed by atoms with Crippen LogP contribution in [-0.4, -0.2) is 89.9 Å². The van der Waals surface area contributed by atoms with E-state index in [2.05, 4.69) is 10.1 Å². The summed E-state index contributed by atoms with van der Waals surface area (Å²) in [4.78, 5) is 59.7. The number of amides is 1. The molecule has 1 saturated heterocycles. The highest BCUT2D eigenvalue weighted by Gasteiger charge is 2.44. The molecular formula is C28H33N5O10S. The van der Waals surface area contributed by atoms with E-state index in [0.29, 0.717) is 16.8 Å². The maximum absolute atomic E-state index is 12.9. The third kappa shape index (κ3) is 8.46. The second kappa shape index (κ2) is 13.3. The summed E-state index contributed by atoms with van der Waals surface area (Å²) in [5.41, 5.74) is 11.0. The molecule has 236 valence electrons. The second-order valence-corrected chi connectivity index (χ2v) is 12.9. The number of carbonyl (C=O) groups excluding carboxylic acids is 2. The maximum atomic E-state index is 12.9. The lowest BCUT2D eigenvalue weighted by atomic mass is 9.86. The van der Waals surface area contributed by atoms with Crippen LogP contribution in [0, 0.1) is 0 Å². The fourth-order valence-electron chi connectivity index (χ4n) is 4.94. The van der Waals surface area contributed by atoms with Crippen molar-refractivity contribution in [1.82, 2.24) is 4.90 Å². The molecule has 44 heavy (non-hydrogen) atoms. The van der Waals surface area contributed by atoms with Crippen LogP contribution in [0.1, 0.15) is 47.2 Å². The largest absolute Gasteiger partial charge is 0.481 e. The number of hydrogen-bond acceptors (Lipinski definition) is 10. The smallest absolute Gasteiger partial charge is 0.343 e. The zero-order chi connectivity index (χ0) is 32.1. The number of aliphatic imine (C=N–C) groups is 1. The number of ether oxygens (including phenoxy) is 1. The van der Waals surface area contributed by atoms with Gasteiger partial charge in [-0.15, -0.1) is 0 Å². The summed E-state index contributed by atoms with van der Waals surface area (Å²) >= 11 is 0. The molecule has 0 radical (unpaired) electrons. The molecule has 0 spiro atoms. The predicted octanol–water partition coefficient (Wildman–Crippen LogP) is 2.15. The third-order valence-electron chi connectivity index (χ3n) is 7.09. The van der Waals surface area contributed by atoms with Gasteiger partial charge in [0.25, 0.3) is 0 Å². The van der Waals surface area contributed by atoms with Crippen molar-refractivity contribution in [3.8, 4) is 5.75 Å². The summed E-state index contributed by atoms with van der Waals surface area (Å²) in [6, 6.07) is 10.7. The van der Waals surface area contributed by atoms with Crippen molar-refractivity contribution in [2.75, 3.05) is 24.6 Å². The number of benzene rings is 2. The number of carboxylic acids is 2. The molecule has 0 aromatic heterocycles. The summed E-state index contributed by atoms with van der Waals surface area (Å²) < 4.78 is 25.3. The van der Waals surface area contributed by atoms with Gasteiger partial charge in [0.2, 0.25) is 5.91 Å². The van der Waals surface area contributed by atoms with Gasteiger partial charge < -0.3 is 36.2 Å². The number of oxime groups is 1. The van der Waals surface area contributed by atoms with E-state index in [-0.39, 0.29) is 72.7 Å². The summed E-state index contributed by atoms with van der Waals surface area (Å²) in [5.74, 6) is -3.21. The van der Waals surface area contributed by atoms with Crippen molar-refractivity contribution in [2.24, 2.45) is 21.6 Å². The van der Waals surface area contributed by atoms with Gasteiger partial charge >= 0.3 is 17.9 Å². The van der Waals surface area contributed by atoms with Crippen LogP contribution >= 0.6 is 10.6 Å². The molecule has 0 bridgehead atoms. The fraction of sp³-hybridized carbons (Fsp3) is 0.357. The molecule has 0 saturated carbocycles. The number of carboxylic acid groups (broad SMARTS) is 2. The number of esters is 1. The molecule has 0 aliphatic carbocycles. The minimum atomic E-state index is -2.67. The number of guanidine groups is 1. The van der Waals surface area contributed by atoms with E-state index in [9.17, 15) is 38.5 Å². The Morgan fingerprint density at radius 2 is 1.64 bits per heavy atom. The Bertz CT molecular complexity index is 1480. The highest BCUT2D eigenvalue weighted by Crippen LogP contribution is 2.40. The number of rotatable bonds is 11. The molecule has 2 heterocycles. The molecule has 4 rings (SSSR count). The Balaban J connectivity index is 1.57. The lowest BCUT2D eigenvalue weighted by molar-refractivity contribution is -0.151. The van der Waals surface area contributed by atoms with Gasteiger partial charge in [0, 0.05) is 31.5 Å². The van der Waals surface area contributed by atoms with Crippen LogP contribution in [0.25, 0.3) is 0 Å². The SMILES string of the molecule is NC(N)=Nc1ccc(C(=O)Oc2ccc(CCC(=O)N3CCS(O)(O)CC3)c(C3=NOC(CC(=O)O)(CC(=O)O)C3)c2)cc1. The van der Waals surface area contributed by atoms with Crippen LogP contribution < -0.4 is 16.2 Å².